The third-order valence-corrected chi connectivity index (χ3v) is 5.32. The summed E-state index contributed by atoms with van der Waals surface area (Å²) in [6.07, 6.45) is 0.900. The molecule has 0 aliphatic carbocycles. The van der Waals surface area contributed by atoms with Crippen LogP contribution in [0.5, 0.6) is 0 Å². The van der Waals surface area contributed by atoms with Gasteiger partial charge in [-0.15, -0.1) is 0 Å². The van der Waals surface area contributed by atoms with Crippen molar-refractivity contribution in [2.45, 2.75) is 31.8 Å². The van der Waals surface area contributed by atoms with Gasteiger partial charge in [0.15, 0.2) is 0 Å². The number of rotatable bonds is 5. The summed E-state index contributed by atoms with van der Waals surface area (Å²) < 4.78 is 31.7. The normalized spacial score (nSPS) is 11.6. The van der Waals surface area contributed by atoms with E-state index < -0.39 is 10.0 Å². The molecule has 0 bridgehead atoms. The molecule has 0 saturated heterocycles. The molecule has 0 radical (unpaired) electrons. The van der Waals surface area contributed by atoms with Gasteiger partial charge in [0.25, 0.3) is 10.0 Å². The zero-order chi connectivity index (χ0) is 15.6. The zero-order valence-electron chi connectivity index (χ0n) is 12.3. The van der Waals surface area contributed by atoms with E-state index in [9.17, 15) is 8.42 Å². The lowest BCUT2D eigenvalue weighted by Gasteiger charge is -2.19. The predicted octanol–water partition coefficient (Wildman–Crippen LogP) is 2.47. The summed E-state index contributed by atoms with van der Waals surface area (Å²) in [6.45, 7) is 3.28. The van der Waals surface area contributed by atoms with Gasteiger partial charge in [-0.2, -0.15) is 0 Å². The highest BCUT2D eigenvalue weighted by molar-refractivity contribution is 7.92. The van der Waals surface area contributed by atoms with Crippen LogP contribution in [0, 0.1) is 6.92 Å². The molecule has 0 spiro atoms. The lowest BCUT2D eigenvalue weighted by atomic mass is 10.1. The Kier molecular flexibility index (Phi) is 4.39. The molecule has 1 aromatic heterocycles. The third kappa shape index (κ3) is 2.96. The van der Waals surface area contributed by atoms with Crippen LogP contribution in [0.2, 0.25) is 0 Å². The van der Waals surface area contributed by atoms with Crippen molar-refractivity contribution in [2.75, 3.05) is 11.4 Å². The summed E-state index contributed by atoms with van der Waals surface area (Å²) in [5.74, 6) is 0.511. The van der Waals surface area contributed by atoms with Crippen molar-refractivity contribution in [1.82, 2.24) is 0 Å². The Balaban J connectivity index is 2.39. The second kappa shape index (κ2) is 5.91. The van der Waals surface area contributed by atoms with Crippen LogP contribution in [0.3, 0.4) is 0 Å². The molecule has 0 atom stereocenters. The highest BCUT2D eigenvalue weighted by atomic mass is 32.2. The summed E-state index contributed by atoms with van der Waals surface area (Å²) in [6, 6.07) is 8.73. The lowest BCUT2D eigenvalue weighted by Crippen LogP contribution is -2.26. The van der Waals surface area contributed by atoms with Gasteiger partial charge in [0, 0.05) is 13.1 Å². The first-order valence-electron chi connectivity index (χ1n) is 6.68. The smallest absolute Gasteiger partial charge is 0.267 e. The number of nitrogens with zero attached hydrogens (tertiary/aromatic N) is 1. The summed E-state index contributed by atoms with van der Waals surface area (Å²) in [5.41, 5.74) is 1.73. The SMILES string of the molecule is CCc1ccc(N(C)S(=O)(=O)c2cc(CO)oc2C)cc1. The fourth-order valence-electron chi connectivity index (χ4n) is 2.09. The molecule has 0 unspecified atom stereocenters. The molecule has 1 heterocycles. The number of sulfonamides is 1. The van der Waals surface area contributed by atoms with Gasteiger partial charge >= 0.3 is 0 Å². The van der Waals surface area contributed by atoms with Crippen LogP contribution in [0.25, 0.3) is 0 Å². The topological polar surface area (TPSA) is 70.8 Å². The Morgan fingerprint density at radius 3 is 2.33 bits per heavy atom. The van der Waals surface area contributed by atoms with Gasteiger partial charge in [0.05, 0.1) is 5.69 Å². The molecule has 6 heteroatoms. The van der Waals surface area contributed by atoms with Crippen LogP contribution in [0.15, 0.2) is 39.6 Å². The van der Waals surface area contributed by atoms with Crippen molar-refractivity contribution < 1.29 is 17.9 Å². The van der Waals surface area contributed by atoms with Gasteiger partial charge in [-0.25, -0.2) is 8.42 Å². The van der Waals surface area contributed by atoms with E-state index in [0.29, 0.717) is 5.69 Å². The molecular weight excluding hydrogens is 290 g/mol. The average molecular weight is 309 g/mol. The molecule has 0 saturated carbocycles. The van der Waals surface area contributed by atoms with E-state index in [1.165, 1.54) is 17.4 Å². The molecule has 0 aliphatic heterocycles. The Hall–Kier alpha value is -1.79. The van der Waals surface area contributed by atoms with Gasteiger partial charge < -0.3 is 9.52 Å². The largest absolute Gasteiger partial charge is 0.462 e. The molecule has 0 aliphatic rings. The van der Waals surface area contributed by atoms with E-state index in [0.717, 1.165) is 12.0 Å². The van der Waals surface area contributed by atoms with Crippen molar-refractivity contribution in [3.63, 3.8) is 0 Å². The molecule has 2 rings (SSSR count). The van der Waals surface area contributed by atoms with Gasteiger partial charge in [-0.05, 0) is 31.0 Å². The number of furan rings is 1. The summed E-state index contributed by atoms with van der Waals surface area (Å²) in [5, 5.41) is 9.05. The van der Waals surface area contributed by atoms with Crippen molar-refractivity contribution >= 4 is 15.7 Å². The molecule has 114 valence electrons. The molecule has 1 aromatic carbocycles. The first-order chi connectivity index (χ1) is 9.90. The first-order valence-corrected chi connectivity index (χ1v) is 8.12. The van der Waals surface area contributed by atoms with Gasteiger partial charge in [-0.3, -0.25) is 4.31 Å². The van der Waals surface area contributed by atoms with Crippen LogP contribution < -0.4 is 4.31 Å². The van der Waals surface area contributed by atoms with Gasteiger partial charge in [-0.1, -0.05) is 19.1 Å². The fourth-order valence-corrected chi connectivity index (χ4v) is 3.47. The molecule has 21 heavy (non-hydrogen) atoms. The lowest BCUT2D eigenvalue weighted by molar-refractivity contribution is 0.244. The van der Waals surface area contributed by atoms with E-state index in [4.69, 9.17) is 9.52 Å². The van der Waals surface area contributed by atoms with Crippen molar-refractivity contribution in [3.8, 4) is 0 Å². The second-order valence-electron chi connectivity index (χ2n) is 4.78. The van der Waals surface area contributed by atoms with Crippen LogP contribution in [0.1, 0.15) is 24.0 Å². The standard InChI is InChI=1S/C15H19NO4S/c1-4-12-5-7-13(8-6-12)16(3)21(18,19)15-9-14(10-17)20-11(15)2/h5-9,17H,4,10H2,1-3H3. The average Bonchev–Trinajstić information content (AvgIpc) is 2.88. The summed E-state index contributed by atoms with van der Waals surface area (Å²) in [4.78, 5) is 0.0774. The molecule has 2 aromatic rings. The minimum Gasteiger partial charge on any atom is -0.462 e. The van der Waals surface area contributed by atoms with Crippen molar-refractivity contribution in [3.05, 3.63) is 47.4 Å². The Morgan fingerprint density at radius 2 is 1.86 bits per heavy atom. The Labute approximate surface area is 124 Å². The van der Waals surface area contributed by atoms with E-state index in [1.807, 2.05) is 19.1 Å². The van der Waals surface area contributed by atoms with Gasteiger partial charge in [0.2, 0.25) is 0 Å². The van der Waals surface area contributed by atoms with Crippen molar-refractivity contribution in [2.24, 2.45) is 0 Å². The number of benzene rings is 1. The maximum atomic E-state index is 12.6. The van der Waals surface area contributed by atoms with Crippen LogP contribution in [0.4, 0.5) is 5.69 Å². The summed E-state index contributed by atoms with van der Waals surface area (Å²) in [7, 11) is -2.20. The molecule has 1 N–H and O–H groups in total. The Bertz CT molecular complexity index is 717. The number of hydrogen-bond donors (Lipinski definition) is 1. The monoisotopic (exact) mass is 309 g/mol. The fraction of sp³-hybridized carbons (Fsp3) is 0.333. The molecule has 5 nitrogen and oxygen atoms in total. The molecule has 0 amide bonds. The third-order valence-electron chi connectivity index (χ3n) is 3.43. The quantitative estimate of drug-likeness (QED) is 0.921. The van der Waals surface area contributed by atoms with E-state index in [2.05, 4.69) is 0 Å². The van der Waals surface area contributed by atoms with E-state index in [-0.39, 0.29) is 23.0 Å². The number of aryl methyl sites for hydroxylation is 2. The number of aliphatic hydroxyl groups is 1. The minimum absolute atomic E-state index is 0.0774. The zero-order valence-corrected chi connectivity index (χ0v) is 13.1. The minimum atomic E-state index is -3.70. The highest BCUT2D eigenvalue weighted by Gasteiger charge is 2.26. The number of hydrogen-bond acceptors (Lipinski definition) is 4. The predicted molar refractivity (Wildman–Crippen MR) is 80.8 cm³/mol. The maximum Gasteiger partial charge on any atom is 0.267 e. The van der Waals surface area contributed by atoms with Crippen LogP contribution in [-0.4, -0.2) is 20.6 Å². The van der Waals surface area contributed by atoms with E-state index >= 15 is 0 Å². The summed E-state index contributed by atoms with van der Waals surface area (Å²) >= 11 is 0. The molecular formula is C15H19NO4S. The Morgan fingerprint density at radius 1 is 1.24 bits per heavy atom. The van der Waals surface area contributed by atoms with Gasteiger partial charge in [0.1, 0.15) is 23.0 Å². The second-order valence-corrected chi connectivity index (χ2v) is 6.72. The first kappa shape index (κ1) is 15.6. The van der Waals surface area contributed by atoms with E-state index in [1.54, 1.807) is 19.1 Å². The highest BCUT2D eigenvalue weighted by Crippen LogP contribution is 2.27. The number of anilines is 1. The molecule has 0 fully saturated rings. The van der Waals surface area contributed by atoms with Crippen LogP contribution in [-0.2, 0) is 23.1 Å². The maximum absolute atomic E-state index is 12.6. The van der Waals surface area contributed by atoms with Crippen LogP contribution >= 0.6 is 0 Å². The number of aliphatic hydroxyl groups excluding tert-OH is 1. The van der Waals surface area contributed by atoms with Crippen molar-refractivity contribution in [1.29, 1.82) is 0 Å².